The van der Waals surface area contributed by atoms with Gasteiger partial charge in [-0.2, -0.15) is 8.42 Å². The van der Waals surface area contributed by atoms with Crippen LogP contribution in [0.5, 0.6) is 0 Å². The largest absolute Gasteiger partial charge is 0.381 e. The van der Waals surface area contributed by atoms with E-state index < -0.39 is 10.0 Å². The minimum atomic E-state index is -3.79. The molecule has 0 unspecified atom stereocenters. The van der Waals surface area contributed by atoms with Crippen molar-refractivity contribution in [3.63, 3.8) is 0 Å². The van der Waals surface area contributed by atoms with Crippen LogP contribution in [-0.4, -0.2) is 29.8 Å². The van der Waals surface area contributed by atoms with Crippen LogP contribution in [0.4, 0.5) is 11.5 Å². The number of nitrogens with two attached hydrogens (primary N) is 1. The highest BCUT2D eigenvalue weighted by atomic mass is 32.2. The lowest BCUT2D eigenvalue weighted by Crippen LogP contribution is -2.28. The summed E-state index contributed by atoms with van der Waals surface area (Å²) in [6, 6.07) is 3.22. The molecule has 0 aliphatic rings. The Labute approximate surface area is 119 Å². The number of nitrogen functional groups attached to an aromatic ring is 1. The van der Waals surface area contributed by atoms with Crippen LogP contribution in [0, 0.1) is 0 Å². The third kappa shape index (κ3) is 1.82. The molecule has 104 valence electrons. The fourth-order valence-corrected chi connectivity index (χ4v) is 4.00. The zero-order chi connectivity index (χ0) is 14.3. The lowest BCUT2D eigenvalue weighted by Gasteiger charge is -2.18. The number of nitrogens with zero attached hydrogens (tertiary/aromatic N) is 4. The molecule has 0 bridgehead atoms. The average molecular weight is 309 g/mol. The standard InChI is InChI=1S/C11H11N5O2S2/c1-15(8-2-4-13-5-3-8)20(17,18)10-9(12)14-11-16(10)6-7-19-11/h2-7H,12H2,1H3. The van der Waals surface area contributed by atoms with Gasteiger partial charge in [0.05, 0.1) is 5.69 Å². The molecule has 0 saturated heterocycles. The van der Waals surface area contributed by atoms with Crippen LogP contribution < -0.4 is 10.0 Å². The molecule has 9 heteroatoms. The number of fused-ring (bicyclic) bond motifs is 1. The summed E-state index contributed by atoms with van der Waals surface area (Å²) in [5, 5.41) is 1.74. The highest BCUT2D eigenvalue weighted by Crippen LogP contribution is 2.28. The lowest BCUT2D eigenvalue weighted by molar-refractivity contribution is 0.590. The lowest BCUT2D eigenvalue weighted by atomic mass is 10.4. The third-order valence-corrected chi connectivity index (χ3v) is 5.46. The van der Waals surface area contributed by atoms with E-state index in [4.69, 9.17) is 5.73 Å². The first kappa shape index (κ1) is 12.9. The number of imidazole rings is 1. The molecule has 7 nitrogen and oxygen atoms in total. The van der Waals surface area contributed by atoms with Crippen molar-refractivity contribution in [2.24, 2.45) is 0 Å². The van der Waals surface area contributed by atoms with E-state index in [0.717, 1.165) is 4.31 Å². The molecule has 3 aromatic heterocycles. The van der Waals surface area contributed by atoms with Crippen molar-refractivity contribution in [3.8, 4) is 0 Å². The van der Waals surface area contributed by atoms with E-state index in [-0.39, 0.29) is 10.8 Å². The number of sulfonamides is 1. The Balaban J connectivity index is 2.17. The van der Waals surface area contributed by atoms with Crippen LogP contribution in [-0.2, 0) is 10.0 Å². The van der Waals surface area contributed by atoms with Gasteiger partial charge in [0.2, 0.25) is 5.03 Å². The molecule has 0 saturated carbocycles. The van der Waals surface area contributed by atoms with Gasteiger partial charge in [-0.25, -0.2) is 4.98 Å². The molecule has 0 amide bonds. The van der Waals surface area contributed by atoms with E-state index in [9.17, 15) is 8.42 Å². The van der Waals surface area contributed by atoms with Crippen molar-refractivity contribution in [1.82, 2.24) is 14.4 Å². The average Bonchev–Trinajstić information content (AvgIpc) is 2.98. The normalized spacial score (nSPS) is 11.8. The molecule has 0 spiro atoms. The fraction of sp³-hybridized carbons (Fsp3) is 0.0909. The predicted octanol–water partition coefficient (Wildman–Crippen LogP) is 1.20. The first-order valence-corrected chi connectivity index (χ1v) is 7.94. The van der Waals surface area contributed by atoms with Crippen molar-refractivity contribution in [2.75, 3.05) is 17.1 Å². The van der Waals surface area contributed by atoms with Crippen LogP contribution in [0.25, 0.3) is 4.96 Å². The minimum absolute atomic E-state index is 0.00208. The number of hydrogen-bond acceptors (Lipinski definition) is 6. The van der Waals surface area contributed by atoms with Crippen LogP contribution in [0.3, 0.4) is 0 Å². The molecule has 20 heavy (non-hydrogen) atoms. The van der Waals surface area contributed by atoms with Crippen LogP contribution in [0.15, 0.2) is 41.1 Å². The van der Waals surface area contributed by atoms with E-state index in [0.29, 0.717) is 10.6 Å². The first-order valence-electron chi connectivity index (χ1n) is 5.62. The Morgan fingerprint density at radius 2 is 2.05 bits per heavy atom. The van der Waals surface area contributed by atoms with Gasteiger partial charge in [-0.05, 0) is 12.1 Å². The topological polar surface area (TPSA) is 93.6 Å². The van der Waals surface area contributed by atoms with E-state index in [1.165, 1.54) is 35.2 Å². The van der Waals surface area contributed by atoms with Crippen LogP contribution in [0.1, 0.15) is 0 Å². The molecule has 3 rings (SSSR count). The van der Waals surface area contributed by atoms with E-state index in [1.54, 1.807) is 23.7 Å². The van der Waals surface area contributed by atoms with Crippen molar-refractivity contribution in [2.45, 2.75) is 5.03 Å². The van der Waals surface area contributed by atoms with Gasteiger partial charge >= 0.3 is 0 Å². The second-order valence-electron chi connectivity index (χ2n) is 4.04. The third-order valence-electron chi connectivity index (χ3n) is 2.87. The summed E-state index contributed by atoms with van der Waals surface area (Å²) >= 11 is 1.32. The highest BCUT2D eigenvalue weighted by Gasteiger charge is 2.29. The minimum Gasteiger partial charge on any atom is -0.381 e. The second-order valence-corrected chi connectivity index (χ2v) is 6.79. The number of thiazole rings is 1. The van der Waals surface area contributed by atoms with Crippen LogP contribution >= 0.6 is 11.3 Å². The summed E-state index contributed by atoms with van der Waals surface area (Å²) in [7, 11) is -2.32. The van der Waals surface area contributed by atoms with Gasteiger partial charge < -0.3 is 5.73 Å². The smallest absolute Gasteiger partial charge is 0.283 e. The summed E-state index contributed by atoms with van der Waals surface area (Å²) < 4.78 is 28.0. The maximum absolute atomic E-state index is 12.7. The number of rotatable bonds is 3. The molecule has 2 N–H and O–H groups in total. The quantitative estimate of drug-likeness (QED) is 0.784. The number of hydrogen-bond donors (Lipinski definition) is 1. The Morgan fingerprint density at radius 3 is 2.75 bits per heavy atom. The molecule has 0 aliphatic heterocycles. The molecular weight excluding hydrogens is 298 g/mol. The zero-order valence-corrected chi connectivity index (χ0v) is 12.1. The maximum atomic E-state index is 12.7. The fourth-order valence-electron chi connectivity index (χ4n) is 1.86. The molecule has 0 radical (unpaired) electrons. The SMILES string of the molecule is CN(c1ccncc1)S(=O)(=O)c1c(N)nc2sccn12. The van der Waals surface area contributed by atoms with Gasteiger partial charge in [0.15, 0.2) is 10.8 Å². The Morgan fingerprint density at radius 1 is 1.35 bits per heavy atom. The van der Waals surface area contributed by atoms with E-state index >= 15 is 0 Å². The molecule has 3 aromatic rings. The van der Waals surface area contributed by atoms with E-state index in [2.05, 4.69) is 9.97 Å². The van der Waals surface area contributed by atoms with Crippen molar-refractivity contribution in [1.29, 1.82) is 0 Å². The molecule has 0 atom stereocenters. The van der Waals surface area contributed by atoms with Gasteiger partial charge in [0.1, 0.15) is 0 Å². The second kappa shape index (κ2) is 4.46. The summed E-state index contributed by atoms with van der Waals surface area (Å²) in [5.74, 6) is -0.00208. The van der Waals surface area contributed by atoms with Gasteiger partial charge in [-0.3, -0.25) is 13.7 Å². The number of anilines is 2. The Hall–Kier alpha value is -2.13. The molecule has 0 aliphatic carbocycles. The van der Waals surface area contributed by atoms with Crippen molar-refractivity contribution in [3.05, 3.63) is 36.1 Å². The van der Waals surface area contributed by atoms with Gasteiger partial charge in [0.25, 0.3) is 10.0 Å². The molecule has 0 fully saturated rings. The van der Waals surface area contributed by atoms with Gasteiger partial charge in [0, 0.05) is 31.0 Å². The molecule has 3 heterocycles. The number of aromatic nitrogens is 3. The maximum Gasteiger partial charge on any atom is 0.283 e. The van der Waals surface area contributed by atoms with Crippen molar-refractivity contribution >= 4 is 37.8 Å². The predicted molar refractivity (Wildman–Crippen MR) is 77.3 cm³/mol. The molecule has 0 aromatic carbocycles. The van der Waals surface area contributed by atoms with Crippen LogP contribution in [0.2, 0.25) is 0 Å². The Bertz CT molecular complexity index is 853. The van der Waals surface area contributed by atoms with Crippen molar-refractivity contribution < 1.29 is 8.42 Å². The highest BCUT2D eigenvalue weighted by molar-refractivity contribution is 7.92. The summed E-state index contributed by atoms with van der Waals surface area (Å²) in [6.45, 7) is 0. The number of pyridine rings is 1. The monoisotopic (exact) mass is 309 g/mol. The van der Waals surface area contributed by atoms with Gasteiger partial charge in [-0.1, -0.05) is 0 Å². The first-order chi connectivity index (χ1) is 9.51. The van der Waals surface area contributed by atoms with E-state index in [1.807, 2.05) is 0 Å². The zero-order valence-electron chi connectivity index (χ0n) is 10.5. The summed E-state index contributed by atoms with van der Waals surface area (Å²) in [6.07, 6.45) is 4.69. The summed E-state index contributed by atoms with van der Waals surface area (Å²) in [5.41, 5.74) is 6.26. The Kier molecular flexibility index (Phi) is 2.87. The summed E-state index contributed by atoms with van der Waals surface area (Å²) in [4.78, 5) is 8.47. The van der Waals surface area contributed by atoms with Gasteiger partial charge in [-0.15, -0.1) is 11.3 Å². The molecular formula is C11H11N5O2S2.